The van der Waals surface area contributed by atoms with Crippen LogP contribution in [0.3, 0.4) is 0 Å². The van der Waals surface area contributed by atoms with Crippen LogP contribution >= 0.6 is 11.3 Å². The molecule has 3 rings (SSSR count). The fourth-order valence-electron chi connectivity index (χ4n) is 3.07. The highest BCUT2D eigenvalue weighted by atomic mass is 32.1. The van der Waals surface area contributed by atoms with Crippen molar-refractivity contribution in [2.45, 2.75) is 18.9 Å². The van der Waals surface area contributed by atoms with Gasteiger partial charge in [0, 0.05) is 4.88 Å². The molecular weight excluding hydrogens is 432 g/mol. The Labute approximate surface area is 188 Å². The number of methoxy groups -OCH3 is 1. The number of rotatable bonds is 9. The lowest BCUT2D eigenvalue weighted by Gasteiger charge is -2.15. The molecule has 9 heteroatoms. The monoisotopic (exact) mass is 454 g/mol. The second-order valence-corrected chi connectivity index (χ2v) is 7.95. The lowest BCUT2D eigenvalue weighted by atomic mass is 10.1. The van der Waals surface area contributed by atoms with E-state index in [-0.39, 0.29) is 17.0 Å². The van der Waals surface area contributed by atoms with Crippen LogP contribution in [0.1, 0.15) is 21.7 Å². The van der Waals surface area contributed by atoms with E-state index in [0.29, 0.717) is 17.0 Å². The Hall–Kier alpha value is -3.85. The molecule has 0 unspecified atom stereocenters. The number of anilines is 1. The number of hydrogen-bond acceptors (Lipinski definition) is 5. The Balaban J connectivity index is 1.71. The van der Waals surface area contributed by atoms with E-state index in [1.54, 1.807) is 37.4 Å². The lowest BCUT2D eigenvalue weighted by Crippen LogP contribution is -2.43. The third kappa shape index (κ3) is 5.86. The molecule has 2 aromatic carbocycles. The molecule has 8 nitrogen and oxygen atoms in total. The number of ether oxygens (including phenoxy) is 1. The molecule has 0 aliphatic heterocycles. The number of carbonyl (C=O) groups excluding carboxylic acids is 1. The van der Waals surface area contributed by atoms with Crippen LogP contribution < -0.4 is 15.4 Å². The lowest BCUT2D eigenvalue weighted by molar-refractivity contribution is -0.139. The Kier molecular flexibility index (Phi) is 7.45. The van der Waals surface area contributed by atoms with E-state index in [0.717, 1.165) is 22.5 Å². The maximum absolute atomic E-state index is 12.5. The van der Waals surface area contributed by atoms with Crippen molar-refractivity contribution < 1.29 is 29.3 Å². The molecule has 0 bridgehead atoms. The zero-order valence-corrected chi connectivity index (χ0v) is 18.0. The largest absolute Gasteiger partial charge is 0.497 e. The first-order chi connectivity index (χ1) is 15.4. The molecule has 0 radical (unpaired) electrons. The van der Waals surface area contributed by atoms with E-state index in [1.165, 1.54) is 0 Å². The van der Waals surface area contributed by atoms with Gasteiger partial charge in [0.15, 0.2) is 0 Å². The maximum Gasteiger partial charge on any atom is 0.348 e. The SMILES string of the molecule is COc1ccc(-c2cc(NC(=O)N[C@@H](CCc3ccccc3)C(=O)O)c(C(=O)O)s2)cc1. The molecule has 1 aromatic heterocycles. The number of hydrogen-bond donors (Lipinski definition) is 4. The zero-order valence-electron chi connectivity index (χ0n) is 17.2. The highest BCUT2D eigenvalue weighted by Crippen LogP contribution is 2.35. The van der Waals surface area contributed by atoms with Gasteiger partial charge in [-0.05, 0) is 54.3 Å². The van der Waals surface area contributed by atoms with Crippen molar-refractivity contribution in [3.05, 3.63) is 71.1 Å². The van der Waals surface area contributed by atoms with Gasteiger partial charge < -0.3 is 25.6 Å². The third-order valence-electron chi connectivity index (χ3n) is 4.72. The quantitative estimate of drug-likeness (QED) is 0.381. The van der Waals surface area contributed by atoms with E-state index >= 15 is 0 Å². The summed E-state index contributed by atoms with van der Waals surface area (Å²) < 4.78 is 5.13. The first-order valence-electron chi connectivity index (χ1n) is 9.73. The van der Waals surface area contributed by atoms with Gasteiger partial charge in [-0.2, -0.15) is 0 Å². The summed E-state index contributed by atoms with van der Waals surface area (Å²) in [6, 6.07) is 16.0. The first-order valence-corrected chi connectivity index (χ1v) is 10.5. The number of urea groups is 1. The summed E-state index contributed by atoms with van der Waals surface area (Å²) in [5.74, 6) is -1.69. The summed E-state index contributed by atoms with van der Waals surface area (Å²) in [6.07, 6.45) is 0.665. The number of carboxylic acids is 2. The van der Waals surface area contributed by atoms with Gasteiger partial charge in [0.1, 0.15) is 16.7 Å². The van der Waals surface area contributed by atoms with E-state index in [1.807, 2.05) is 30.3 Å². The highest BCUT2D eigenvalue weighted by molar-refractivity contribution is 7.18. The van der Waals surface area contributed by atoms with Crippen molar-refractivity contribution in [3.8, 4) is 16.2 Å². The van der Waals surface area contributed by atoms with E-state index in [4.69, 9.17) is 4.74 Å². The normalized spacial score (nSPS) is 11.4. The van der Waals surface area contributed by atoms with Crippen LogP contribution in [-0.2, 0) is 11.2 Å². The number of thiophene rings is 1. The second kappa shape index (κ2) is 10.5. The number of aryl methyl sites for hydroxylation is 1. The summed E-state index contributed by atoms with van der Waals surface area (Å²) in [6.45, 7) is 0. The van der Waals surface area contributed by atoms with Crippen LogP contribution in [0.25, 0.3) is 10.4 Å². The number of nitrogens with one attached hydrogen (secondary N) is 2. The van der Waals surface area contributed by atoms with E-state index < -0.39 is 24.0 Å². The fourth-order valence-corrected chi connectivity index (χ4v) is 4.03. The van der Waals surface area contributed by atoms with Gasteiger partial charge in [-0.3, -0.25) is 0 Å². The van der Waals surface area contributed by atoms with Crippen LogP contribution in [0.2, 0.25) is 0 Å². The van der Waals surface area contributed by atoms with Crippen LogP contribution in [0.5, 0.6) is 5.75 Å². The molecule has 0 spiro atoms. The van der Waals surface area contributed by atoms with Crippen molar-refractivity contribution in [1.82, 2.24) is 5.32 Å². The molecule has 0 aliphatic rings. The van der Waals surface area contributed by atoms with Crippen molar-refractivity contribution in [2.24, 2.45) is 0 Å². The van der Waals surface area contributed by atoms with Crippen molar-refractivity contribution >= 4 is 35.0 Å². The minimum Gasteiger partial charge on any atom is -0.497 e. The molecule has 1 atom stereocenters. The average molecular weight is 455 g/mol. The maximum atomic E-state index is 12.5. The number of aliphatic carboxylic acids is 1. The molecule has 3 aromatic rings. The van der Waals surface area contributed by atoms with Gasteiger partial charge in [0.2, 0.25) is 0 Å². The summed E-state index contributed by atoms with van der Waals surface area (Å²) in [5.41, 5.74) is 1.81. The first kappa shape index (κ1) is 22.8. The predicted molar refractivity (Wildman–Crippen MR) is 122 cm³/mol. The second-order valence-electron chi connectivity index (χ2n) is 6.90. The fraction of sp³-hybridized carbons (Fsp3) is 0.174. The van der Waals surface area contributed by atoms with Crippen LogP contribution in [0, 0.1) is 0 Å². The number of benzene rings is 2. The number of amides is 2. The predicted octanol–water partition coefficient (Wildman–Crippen LogP) is 4.33. The minimum atomic E-state index is -1.19. The van der Waals surface area contributed by atoms with Gasteiger partial charge in [0.25, 0.3) is 0 Å². The molecule has 2 amide bonds. The molecular formula is C23H22N2O6S. The Bertz CT molecular complexity index is 1100. The molecule has 166 valence electrons. The summed E-state index contributed by atoms with van der Waals surface area (Å²) >= 11 is 1.01. The summed E-state index contributed by atoms with van der Waals surface area (Å²) in [5, 5.41) is 23.9. The number of aromatic carboxylic acids is 1. The Morgan fingerprint density at radius 1 is 1.03 bits per heavy atom. The minimum absolute atomic E-state index is 0.0536. The van der Waals surface area contributed by atoms with Gasteiger partial charge in [-0.15, -0.1) is 11.3 Å². The van der Waals surface area contributed by atoms with Crippen molar-refractivity contribution in [3.63, 3.8) is 0 Å². The summed E-state index contributed by atoms with van der Waals surface area (Å²) in [4.78, 5) is 36.3. The average Bonchev–Trinajstić information content (AvgIpc) is 3.21. The Morgan fingerprint density at radius 3 is 2.31 bits per heavy atom. The van der Waals surface area contributed by atoms with Gasteiger partial charge in [-0.1, -0.05) is 30.3 Å². The third-order valence-corrected chi connectivity index (χ3v) is 5.89. The van der Waals surface area contributed by atoms with Gasteiger partial charge >= 0.3 is 18.0 Å². The number of carboxylic acid groups (broad SMARTS) is 2. The standard InChI is InChI=1S/C23H22N2O6S/c1-31-16-10-8-15(9-11-16)19-13-18(20(32-19)22(28)29)25-23(30)24-17(21(26)27)12-7-14-5-3-2-4-6-14/h2-6,8-11,13,17H,7,12H2,1H3,(H,26,27)(H,28,29)(H2,24,25,30)/t17-/m0/s1. The molecule has 0 fully saturated rings. The van der Waals surface area contributed by atoms with E-state index in [9.17, 15) is 24.6 Å². The van der Waals surface area contributed by atoms with Crippen molar-refractivity contribution in [2.75, 3.05) is 12.4 Å². The van der Waals surface area contributed by atoms with Crippen LogP contribution in [-0.4, -0.2) is 41.3 Å². The molecule has 32 heavy (non-hydrogen) atoms. The van der Waals surface area contributed by atoms with Gasteiger partial charge in [0.05, 0.1) is 12.8 Å². The smallest absolute Gasteiger partial charge is 0.348 e. The molecule has 0 saturated heterocycles. The van der Waals surface area contributed by atoms with Crippen LogP contribution in [0.4, 0.5) is 10.5 Å². The zero-order chi connectivity index (χ0) is 23.1. The summed E-state index contributed by atoms with van der Waals surface area (Å²) in [7, 11) is 1.55. The topological polar surface area (TPSA) is 125 Å². The Morgan fingerprint density at radius 2 is 1.72 bits per heavy atom. The molecule has 0 saturated carbocycles. The van der Waals surface area contributed by atoms with E-state index in [2.05, 4.69) is 10.6 Å². The van der Waals surface area contributed by atoms with Crippen LogP contribution in [0.15, 0.2) is 60.7 Å². The molecule has 1 heterocycles. The number of carbonyl (C=O) groups is 3. The van der Waals surface area contributed by atoms with Crippen molar-refractivity contribution in [1.29, 1.82) is 0 Å². The van der Waals surface area contributed by atoms with Gasteiger partial charge in [-0.25, -0.2) is 14.4 Å². The molecule has 0 aliphatic carbocycles. The highest BCUT2D eigenvalue weighted by Gasteiger charge is 2.22. The molecule has 4 N–H and O–H groups in total.